The van der Waals surface area contributed by atoms with E-state index in [-0.39, 0.29) is 0 Å². The highest BCUT2D eigenvalue weighted by atomic mass is 16.5. The van der Waals surface area contributed by atoms with E-state index in [0.29, 0.717) is 6.61 Å². The van der Waals surface area contributed by atoms with Crippen molar-refractivity contribution in [2.75, 3.05) is 12.0 Å². The molecule has 2 aromatic heterocycles. The van der Waals surface area contributed by atoms with E-state index >= 15 is 0 Å². The van der Waals surface area contributed by atoms with Crippen molar-refractivity contribution in [1.82, 2.24) is 9.97 Å². The van der Waals surface area contributed by atoms with Crippen molar-refractivity contribution in [1.29, 1.82) is 0 Å². The fourth-order valence-electron chi connectivity index (χ4n) is 2.31. The molecule has 1 N–H and O–H groups in total. The van der Waals surface area contributed by atoms with Gasteiger partial charge in [-0.1, -0.05) is 6.07 Å². The van der Waals surface area contributed by atoms with Crippen molar-refractivity contribution >= 4 is 22.8 Å². The molecule has 0 spiro atoms. The molecule has 0 aliphatic rings. The smallest absolute Gasteiger partial charge is 0.121 e. The fourth-order valence-corrected chi connectivity index (χ4v) is 2.31. The second-order valence-electron chi connectivity index (χ2n) is 5.05. The lowest BCUT2D eigenvalue weighted by atomic mass is 10.1. The number of nitrogens with zero attached hydrogens (tertiary/aromatic N) is 3. The lowest BCUT2D eigenvalue weighted by molar-refractivity contribution is 0.340. The fraction of sp³-hybridized carbons (Fsp3) is 0.167. The molecule has 0 atom stereocenters. The minimum atomic E-state index is 0.636. The van der Waals surface area contributed by atoms with Gasteiger partial charge in [0.25, 0.3) is 0 Å². The van der Waals surface area contributed by atoms with Crippen molar-refractivity contribution in [2.45, 2.75) is 13.8 Å². The van der Waals surface area contributed by atoms with Crippen LogP contribution >= 0.6 is 0 Å². The molecule has 0 radical (unpaired) electrons. The number of aromatic nitrogens is 2. The summed E-state index contributed by atoms with van der Waals surface area (Å²) in [6.45, 7) is 4.56. The van der Waals surface area contributed by atoms with Crippen LogP contribution in [-0.4, -0.2) is 22.8 Å². The van der Waals surface area contributed by atoms with Crippen LogP contribution in [0.5, 0.6) is 5.75 Å². The average Bonchev–Trinajstić information content (AvgIpc) is 2.55. The Morgan fingerprint density at radius 3 is 2.91 bits per heavy atom. The second-order valence-corrected chi connectivity index (χ2v) is 5.05. The van der Waals surface area contributed by atoms with Crippen LogP contribution in [0.4, 0.5) is 5.69 Å². The lowest BCUT2D eigenvalue weighted by Crippen LogP contribution is -1.97. The first-order valence-corrected chi connectivity index (χ1v) is 7.50. The zero-order valence-corrected chi connectivity index (χ0v) is 13.2. The van der Waals surface area contributed by atoms with Gasteiger partial charge in [-0.25, -0.2) is 0 Å². The summed E-state index contributed by atoms with van der Waals surface area (Å²) in [6, 6.07) is 13.5. The number of aryl methyl sites for hydroxylation is 1. The maximum Gasteiger partial charge on any atom is 0.121 e. The summed E-state index contributed by atoms with van der Waals surface area (Å²) < 4.78 is 5.53. The number of anilines is 1. The minimum absolute atomic E-state index is 0.636. The van der Waals surface area contributed by atoms with Gasteiger partial charge >= 0.3 is 0 Å². The Labute approximate surface area is 135 Å². The van der Waals surface area contributed by atoms with E-state index in [2.05, 4.69) is 20.5 Å². The molecule has 3 aromatic rings. The number of hydrogen-bond donors (Lipinski definition) is 1. The number of hydrogen-bond acceptors (Lipinski definition) is 5. The average molecular weight is 306 g/mol. The Hall–Kier alpha value is -2.95. The van der Waals surface area contributed by atoms with Crippen LogP contribution in [-0.2, 0) is 0 Å². The predicted molar refractivity (Wildman–Crippen MR) is 93.1 cm³/mol. The van der Waals surface area contributed by atoms with E-state index in [1.807, 2.05) is 56.3 Å². The summed E-state index contributed by atoms with van der Waals surface area (Å²) in [5, 5.41) is 5.26. The van der Waals surface area contributed by atoms with Crippen LogP contribution in [0.2, 0.25) is 0 Å². The Morgan fingerprint density at radius 2 is 2.13 bits per heavy atom. The summed E-state index contributed by atoms with van der Waals surface area (Å²) in [4.78, 5) is 8.76. The van der Waals surface area contributed by atoms with Gasteiger partial charge in [0.05, 0.1) is 29.7 Å². The van der Waals surface area contributed by atoms with Gasteiger partial charge in [0.15, 0.2) is 0 Å². The molecular weight excluding hydrogens is 288 g/mol. The maximum absolute atomic E-state index is 5.53. The van der Waals surface area contributed by atoms with Gasteiger partial charge in [0, 0.05) is 23.3 Å². The van der Waals surface area contributed by atoms with Gasteiger partial charge in [0.2, 0.25) is 0 Å². The van der Waals surface area contributed by atoms with Gasteiger partial charge in [-0.15, -0.1) is 0 Å². The largest absolute Gasteiger partial charge is 0.494 e. The normalized spacial score (nSPS) is 11.0. The first kappa shape index (κ1) is 15.0. The third-order valence-corrected chi connectivity index (χ3v) is 3.29. The minimum Gasteiger partial charge on any atom is -0.494 e. The van der Waals surface area contributed by atoms with Crippen LogP contribution < -0.4 is 10.2 Å². The van der Waals surface area contributed by atoms with Gasteiger partial charge < -0.3 is 4.74 Å². The van der Waals surface area contributed by atoms with E-state index in [1.54, 1.807) is 12.4 Å². The highest BCUT2D eigenvalue weighted by molar-refractivity contribution is 5.92. The molecule has 116 valence electrons. The molecule has 5 heteroatoms. The SMILES string of the molecule is CCOc1ccc2c(N/N=C/c3ccccn3)cc(C)nc2c1. The van der Waals surface area contributed by atoms with Crippen LogP contribution in [0, 0.1) is 6.92 Å². The van der Waals surface area contributed by atoms with E-state index in [0.717, 1.165) is 33.7 Å². The van der Waals surface area contributed by atoms with Gasteiger partial charge in [-0.2, -0.15) is 5.10 Å². The maximum atomic E-state index is 5.53. The molecule has 0 amide bonds. The summed E-state index contributed by atoms with van der Waals surface area (Å²) in [7, 11) is 0. The Balaban J connectivity index is 1.89. The monoisotopic (exact) mass is 306 g/mol. The van der Waals surface area contributed by atoms with Crippen molar-refractivity contribution < 1.29 is 4.74 Å². The highest BCUT2D eigenvalue weighted by Gasteiger charge is 2.05. The molecule has 23 heavy (non-hydrogen) atoms. The van der Waals surface area contributed by atoms with Crippen molar-refractivity contribution in [3.05, 3.63) is 60.0 Å². The molecule has 3 rings (SSSR count). The molecule has 1 aromatic carbocycles. The Kier molecular flexibility index (Phi) is 4.47. The first-order chi connectivity index (χ1) is 11.3. The third-order valence-electron chi connectivity index (χ3n) is 3.29. The van der Waals surface area contributed by atoms with E-state index in [4.69, 9.17) is 4.74 Å². The van der Waals surface area contributed by atoms with Crippen LogP contribution in [0.3, 0.4) is 0 Å². The van der Waals surface area contributed by atoms with Crippen molar-refractivity contribution in [3.63, 3.8) is 0 Å². The molecule has 0 bridgehead atoms. The van der Waals surface area contributed by atoms with E-state index in [1.165, 1.54) is 0 Å². The van der Waals surface area contributed by atoms with E-state index < -0.39 is 0 Å². The van der Waals surface area contributed by atoms with Crippen molar-refractivity contribution in [3.8, 4) is 5.75 Å². The van der Waals surface area contributed by atoms with Gasteiger partial charge in [0.1, 0.15) is 5.75 Å². The zero-order valence-electron chi connectivity index (χ0n) is 13.2. The number of rotatable bonds is 5. The van der Waals surface area contributed by atoms with Gasteiger partial charge in [-0.3, -0.25) is 15.4 Å². The summed E-state index contributed by atoms with van der Waals surface area (Å²) >= 11 is 0. The molecule has 0 saturated carbocycles. The second kappa shape index (κ2) is 6.87. The molecule has 0 aliphatic carbocycles. The molecular formula is C18H18N4O. The first-order valence-electron chi connectivity index (χ1n) is 7.50. The van der Waals surface area contributed by atoms with Crippen LogP contribution in [0.1, 0.15) is 18.3 Å². The number of hydrazone groups is 1. The lowest BCUT2D eigenvalue weighted by Gasteiger charge is -2.09. The Morgan fingerprint density at radius 1 is 1.22 bits per heavy atom. The number of benzene rings is 1. The van der Waals surface area contributed by atoms with Crippen molar-refractivity contribution in [2.24, 2.45) is 5.10 Å². The van der Waals surface area contributed by atoms with Crippen LogP contribution in [0.25, 0.3) is 10.9 Å². The summed E-state index contributed by atoms with van der Waals surface area (Å²) in [5.74, 6) is 0.820. The molecule has 0 unspecified atom stereocenters. The molecule has 0 fully saturated rings. The van der Waals surface area contributed by atoms with Gasteiger partial charge in [-0.05, 0) is 44.2 Å². The third kappa shape index (κ3) is 3.63. The topological polar surface area (TPSA) is 59.4 Å². The quantitative estimate of drug-likeness (QED) is 0.575. The number of fused-ring (bicyclic) bond motifs is 1. The predicted octanol–water partition coefficient (Wildman–Crippen LogP) is 3.78. The summed E-state index contributed by atoms with van der Waals surface area (Å²) in [5.41, 5.74) is 6.58. The highest BCUT2D eigenvalue weighted by Crippen LogP contribution is 2.26. The number of nitrogens with one attached hydrogen (secondary N) is 1. The number of ether oxygens (including phenoxy) is 1. The number of pyridine rings is 2. The zero-order chi connectivity index (χ0) is 16.1. The standard InChI is InChI=1S/C18H18N4O/c1-3-23-15-7-8-16-17(11-15)21-13(2)10-18(16)22-20-12-14-6-4-5-9-19-14/h4-12H,3H2,1-2H3,(H,21,22)/b20-12+. The summed E-state index contributed by atoms with van der Waals surface area (Å²) in [6.07, 6.45) is 3.43. The molecule has 5 nitrogen and oxygen atoms in total. The molecule has 0 saturated heterocycles. The van der Waals surface area contributed by atoms with Crippen LogP contribution in [0.15, 0.2) is 53.8 Å². The molecule has 2 heterocycles. The Bertz CT molecular complexity index is 831. The van der Waals surface area contributed by atoms with E-state index in [9.17, 15) is 0 Å². The molecule has 0 aliphatic heterocycles.